The Balaban J connectivity index is 1.84. The molecule has 2 rings (SSSR count). The van der Waals surface area contributed by atoms with Gasteiger partial charge in [-0.25, -0.2) is 4.39 Å². The Hall–Kier alpha value is -3.03. The van der Waals surface area contributed by atoms with Crippen LogP contribution in [0.5, 0.6) is 5.75 Å². The van der Waals surface area contributed by atoms with Crippen LogP contribution in [0.4, 0.5) is 4.39 Å². The van der Waals surface area contributed by atoms with E-state index in [0.717, 1.165) is 11.1 Å². The lowest BCUT2D eigenvalue weighted by molar-refractivity contribution is 0.0925. The summed E-state index contributed by atoms with van der Waals surface area (Å²) in [6.45, 7) is 7.44. The van der Waals surface area contributed by atoms with Crippen molar-refractivity contribution in [2.24, 2.45) is 4.99 Å². The van der Waals surface area contributed by atoms with Gasteiger partial charge in [0.1, 0.15) is 0 Å². The highest BCUT2D eigenvalue weighted by atomic mass is 19.1. The predicted molar refractivity (Wildman–Crippen MR) is 111 cm³/mol. The average molecular weight is 404 g/mol. The van der Waals surface area contributed by atoms with Gasteiger partial charge in [-0.05, 0) is 51.0 Å². The fraction of sp³-hybridized carbons (Fsp3) is 0.429. The molecule has 0 bridgehead atoms. The van der Waals surface area contributed by atoms with E-state index in [1.54, 1.807) is 12.1 Å². The Morgan fingerprint density at radius 3 is 2.72 bits per heavy atom. The maximum Gasteiger partial charge on any atom is 0.287 e. The minimum atomic E-state index is -0.400. The topological polar surface area (TPSA) is 87.9 Å². The second kappa shape index (κ2) is 11.1. The van der Waals surface area contributed by atoms with Crippen molar-refractivity contribution in [2.75, 3.05) is 26.7 Å². The van der Waals surface area contributed by atoms with E-state index in [-0.39, 0.29) is 17.7 Å². The van der Waals surface area contributed by atoms with Crippen LogP contribution in [0.1, 0.15) is 48.0 Å². The zero-order valence-corrected chi connectivity index (χ0v) is 17.3. The monoisotopic (exact) mass is 404 g/mol. The van der Waals surface area contributed by atoms with E-state index in [9.17, 15) is 9.18 Å². The Kier molecular flexibility index (Phi) is 8.51. The molecule has 1 aromatic heterocycles. The highest BCUT2D eigenvalue weighted by molar-refractivity contribution is 5.92. The first-order chi connectivity index (χ1) is 14.0. The van der Waals surface area contributed by atoms with E-state index < -0.39 is 5.82 Å². The maximum absolute atomic E-state index is 13.9. The Morgan fingerprint density at radius 2 is 2.10 bits per heavy atom. The Bertz CT molecular complexity index is 835. The van der Waals surface area contributed by atoms with Crippen molar-refractivity contribution in [1.29, 1.82) is 0 Å². The minimum absolute atomic E-state index is 0.144. The summed E-state index contributed by atoms with van der Waals surface area (Å²) in [5, 5.41) is 9.24. The summed E-state index contributed by atoms with van der Waals surface area (Å²) in [7, 11) is 1.44. The predicted octanol–water partition coefficient (Wildman–Crippen LogP) is 3.17. The highest BCUT2D eigenvalue weighted by Crippen LogP contribution is 2.21. The molecule has 0 saturated heterocycles. The molecule has 7 nitrogen and oxygen atoms in total. The number of rotatable bonds is 9. The summed E-state index contributed by atoms with van der Waals surface area (Å²) in [6.07, 6.45) is 2.17. The summed E-state index contributed by atoms with van der Waals surface area (Å²) in [5.74, 6) is 0.557. The fourth-order valence-corrected chi connectivity index (χ4v) is 2.72. The second-order valence-corrected chi connectivity index (χ2v) is 6.56. The van der Waals surface area contributed by atoms with Crippen molar-refractivity contribution < 1.29 is 18.3 Å². The minimum Gasteiger partial charge on any atom is -0.494 e. The summed E-state index contributed by atoms with van der Waals surface area (Å²) >= 11 is 0. The Labute approximate surface area is 170 Å². The molecule has 0 spiro atoms. The third kappa shape index (κ3) is 6.51. The van der Waals surface area contributed by atoms with E-state index in [2.05, 4.69) is 20.9 Å². The van der Waals surface area contributed by atoms with Gasteiger partial charge in [-0.2, -0.15) is 0 Å². The zero-order valence-electron chi connectivity index (χ0n) is 17.3. The van der Waals surface area contributed by atoms with Crippen molar-refractivity contribution in [1.82, 2.24) is 16.0 Å². The molecule has 0 aliphatic rings. The first kappa shape index (κ1) is 22.3. The van der Waals surface area contributed by atoms with Gasteiger partial charge in [0.2, 0.25) is 0 Å². The molecule has 29 heavy (non-hydrogen) atoms. The van der Waals surface area contributed by atoms with Crippen LogP contribution < -0.4 is 20.7 Å². The molecule has 1 amide bonds. The SMILES string of the molecule is CCNC(=NCCCNC(=O)c1occc1C)NC(C)c1ccc(OC)c(F)c1. The lowest BCUT2D eigenvalue weighted by Crippen LogP contribution is -2.39. The molecule has 1 atom stereocenters. The van der Waals surface area contributed by atoms with Crippen LogP contribution >= 0.6 is 0 Å². The number of hydrogen-bond acceptors (Lipinski definition) is 4. The third-order valence-corrected chi connectivity index (χ3v) is 4.33. The largest absolute Gasteiger partial charge is 0.494 e. The molecule has 158 valence electrons. The maximum atomic E-state index is 13.9. The number of guanidine groups is 1. The molecule has 0 saturated carbocycles. The molecular weight excluding hydrogens is 375 g/mol. The molecule has 1 unspecified atom stereocenters. The van der Waals surface area contributed by atoms with Crippen molar-refractivity contribution in [3.05, 3.63) is 53.2 Å². The smallest absolute Gasteiger partial charge is 0.287 e. The van der Waals surface area contributed by atoms with Crippen molar-refractivity contribution in [3.8, 4) is 5.75 Å². The lowest BCUT2D eigenvalue weighted by atomic mass is 10.1. The van der Waals surface area contributed by atoms with Gasteiger partial charge in [0.15, 0.2) is 23.3 Å². The first-order valence-corrected chi connectivity index (χ1v) is 9.66. The molecule has 0 fully saturated rings. The van der Waals surface area contributed by atoms with Gasteiger partial charge >= 0.3 is 0 Å². The molecule has 2 aromatic rings. The van der Waals surface area contributed by atoms with Gasteiger partial charge < -0.3 is 25.1 Å². The standard InChI is InChI=1S/C21H29FN4O3/c1-5-23-21(26-15(3)16-7-8-18(28-4)17(22)13-16)25-11-6-10-24-20(27)19-14(2)9-12-29-19/h7-9,12-13,15H,5-6,10-11H2,1-4H3,(H,24,27)(H2,23,25,26). The van der Waals surface area contributed by atoms with E-state index in [0.29, 0.717) is 37.8 Å². The molecular formula is C21H29FN4O3. The summed E-state index contributed by atoms with van der Waals surface area (Å²) in [4.78, 5) is 16.5. The molecule has 3 N–H and O–H groups in total. The number of nitrogens with zero attached hydrogens (tertiary/aromatic N) is 1. The Morgan fingerprint density at radius 1 is 1.31 bits per heavy atom. The fourth-order valence-electron chi connectivity index (χ4n) is 2.72. The number of aryl methyl sites for hydroxylation is 1. The van der Waals surface area contributed by atoms with Crippen molar-refractivity contribution >= 4 is 11.9 Å². The van der Waals surface area contributed by atoms with Gasteiger partial charge in [0.05, 0.1) is 19.4 Å². The number of aliphatic imine (C=N–C) groups is 1. The number of amides is 1. The molecule has 8 heteroatoms. The highest BCUT2D eigenvalue weighted by Gasteiger charge is 2.12. The normalized spacial score (nSPS) is 12.4. The number of carbonyl (C=O) groups excluding carboxylic acids is 1. The summed E-state index contributed by atoms with van der Waals surface area (Å²) in [6, 6.07) is 6.48. The summed E-state index contributed by atoms with van der Waals surface area (Å²) in [5.41, 5.74) is 1.60. The van der Waals surface area contributed by atoms with Gasteiger partial charge in [0.25, 0.3) is 5.91 Å². The number of carbonyl (C=O) groups is 1. The van der Waals surface area contributed by atoms with Gasteiger partial charge in [0, 0.05) is 25.2 Å². The molecule has 0 aliphatic carbocycles. The van der Waals surface area contributed by atoms with Gasteiger partial charge in [-0.3, -0.25) is 9.79 Å². The van der Waals surface area contributed by atoms with E-state index in [4.69, 9.17) is 9.15 Å². The second-order valence-electron chi connectivity index (χ2n) is 6.56. The van der Waals surface area contributed by atoms with Crippen LogP contribution in [0.2, 0.25) is 0 Å². The number of nitrogens with one attached hydrogen (secondary N) is 3. The van der Waals surface area contributed by atoms with Crippen molar-refractivity contribution in [3.63, 3.8) is 0 Å². The third-order valence-electron chi connectivity index (χ3n) is 4.33. The number of halogens is 1. The average Bonchev–Trinajstić information content (AvgIpc) is 3.13. The number of ether oxygens (including phenoxy) is 1. The van der Waals surface area contributed by atoms with Crippen LogP contribution in [-0.4, -0.2) is 38.6 Å². The van der Waals surface area contributed by atoms with Gasteiger partial charge in [-0.1, -0.05) is 6.07 Å². The number of hydrogen-bond donors (Lipinski definition) is 3. The molecule has 1 aromatic carbocycles. The van der Waals surface area contributed by atoms with E-state index in [1.165, 1.54) is 19.4 Å². The number of benzene rings is 1. The van der Waals surface area contributed by atoms with Crippen molar-refractivity contribution in [2.45, 2.75) is 33.2 Å². The van der Waals surface area contributed by atoms with Gasteiger partial charge in [-0.15, -0.1) is 0 Å². The summed E-state index contributed by atoms with van der Waals surface area (Å²) < 4.78 is 24.1. The molecule has 0 radical (unpaired) electrons. The molecule has 1 heterocycles. The van der Waals surface area contributed by atoms with Crippen LogP contribution in [-0.2, 0) is 0 Å². The lowest BCUT2D eigenvalue weighted by Gasteiger charge is -2.18. The zero-order chi connectivity index (χ0) is 21.2. The molecule has 0 aliphatic heterocycles. The van der Waals surface area contributed by atoms with Crippen LogP contribution in [0.25, 0.3) is 0 Å². The van der Waals surface area contributed by atoms with E-state index in [1.807, 2.05) is 26.8 Å². The van der Waals surface area contributed by atoms with E-state index >= 15 is 0 Å². The van der Waals surface area contributed by atoms with Crippen LogP contribution in [0.15, 0.2) is 39.9 Å². The number of methoxy groups -OCH3 is 1. The van der Waals surface area contributed by atoms with Crippen LogP contribution in [0, 0.1) is 12.7 Å². The van der Waals surface area contributed by atoms with Crippen LogP contribution in [0.3, 0.4) is 0 Å². The number of furan rings is 1. The first-order valence-electron chi connectivity index (χ1n) is 9.66. The quantitative estimate of drug-likeness (QED) is 0.339.